The van der Waals surface area contributed by atoms with Crippen molar-refractivity contribution in [2.24, 2.45) is 0 Å². The summed E-state index contributed by atoms with van der Waals surface area (Å²) in [6.07, 6.45) is 2.89. The molecular weight excluding hydrogens is 621 g/mol. The van der Waals surface area contributed by atoms with Crippen LogP contribution in [0.4, 0.5) is 0 Å². The maximum Gasteiger partial charge on any atom is 0.235 e. The van der Waals surface area contributed by atoms with Crippen LogP contribution in [-0.4, -0.2) is 19.1 Å². The molecule has 0 amide bonds. The second kappa shape index (κ2) is 10.9. The molecule has 0 unspecified atom stereocenters. The molecule has 0 bridgehead atoms. The number of fused-ring (bicyclic) bond motifs is 9. The number of nitrogens with zero attached hydrogens (tertiary/aromatic N) is 4. The Bertz CT molecular complexity index is 3000. The van der Waals surface area contributed by atoms with Crippen LogP contribution in [-0.2, 0) is 6.42 Å². The molecule has 0 spiro atoms. The van der Waals surface area contributed by atoms with Crippen molar-refractivity contribution in [1.82, 2.24) is 19.1 Å². The third-order valence-corrected chi connectivity index (χ3v) is 10.6. The van der Waals surface area contributed by atoms with Gasteiger partial charge in [-0.15, -0.1) is 0 Å². The van der Waals surface area contributed by atoms with Crippen molar-refractivity contribution in [3.63, 3.8) is 0 Å². The zero-order chi connectivity index (χ0) is 33.5. The zero-order valence-electron chi connectivity index (χ0n) is 27.7. The normalized spacial score (nSPS) is 12.2. The van der Waals surface area contributed by atoms with E-state index in [9.17, 15) is 0 Å². The molecule has 3 heterocycles. The number of hydrogen-bond acceptors (Lipinski definition) is 2. The summed E-state index contributed by atoms with van der Waals surface area (Å²) in [5, 5.41) is 4.86. The Morgan fingerprint density at radius 2 is 1.00 bits per heavy atom. The highest BCUT2D eigenvalue weighted by Gasteiger charge is 2.23. The number of rotatable bonds is 4. The Balaban J connectivity index is 1.06. The minimum Gasteiger partial charge on any atom is -0.309 e. The van der Waals surface area contributed by atoms with Gasteiger partial charge >= 0.3 is 0 Å². The van der Waals surface area contributed by atoms with Gasteiger partial charge in [0, 0.05) is 51.0 Å². The van der Waals surface area contributed by atoms with Crippen LogP contribution in [0.15, 0.2) is 170 Å². The highest BCUT2D eigenvalue weighted by Crippen LogP contribution is 2.40. The SMILES string of the molecule is c1ccc(-c2cccc(-n3c4ccccc4c4cc(-c5ccc6c(c5)c5ccccc5n6-c5ncc6c(n5)-c5ccccc5C6)ccc43)c2)cc1. The fourth-order valence-electron chi connectivity index (χ4n) is 8.23. The molecular formula is C47H30N4. The molecule has 7 aromatic carbocycles. The first-order valence-corrected chi connectivity index (χ1v) is 17.5. The predicted octanol–water partition coefficient (Wildman–Crippen LogP) is 11.6. The average Bonchev–Trinajstić information content (AvgIpc) is 3.85. The van der Waals surface area contributed by atoms with Crippen LogP contribution in [0.3, 0.4) is 0 Å². The third kappa shape index (κ3) is 4.26. The lowest BCUT2D eigenvalue weighted by Crippen LogP contribution is -2.02. The first-order valence-electron chi connectivity index (χ1n) is 17.5. The molecule has 0 saturated heterocycles. The van der Waals surface area contributed by atoms with E-state index in [0.717, 1.165) is 28.8 Å². The summed E-state index contributed by atoms with van der Waals surface area (Å²) in [4.78, 5) is 10.1. The minimum absolute atomic E-state index is 0.704. The van der Waals surface area contributed by atoms with Crippen LogP contribution in [0.5, 0.6) is 0 Å². The second-order valence-corrected chi connectivity index (χ2v) is 13.5. The lowest BCUT2D eigenvalue weighted by Gasteiger charge is -2.11. The van der Waals surface area contributed by atoms with Crippen molar-refractivity contribution >= 4 is 43.6 Å². The molecule has 0 radical (unpaired) electrons. The number of benzene rings is 7. The van der Waals surface area contributed by atoms with Gasteiger partial charge in [-0.1, -0.05) is 115 Å². The van der Waals surface area contributed by atoms with Crippen molar-refractivity contribution in [2.75, 3.05) is 0 Å². The van der Waals surface area contributed by atoms with Crippen molar-refractivity contribution in [2.45, 2.75) is 6.42 Å². The van der Waals surface area contributed by atoms with E-state index in [1.165, 1.54) is 71.5 Å². The highest BCUT2D eigenvalue weighted by molar-refractivity contribution is 6.12. The summed E-state index contributed by atoms with van der Waals surface area (Å²) >= 11 is 0. The van der Waals surface area contributed by atoms with Gasteiger partial charge in [0.2, 0.25) is 5.95 Å². The van der Waals surface area contributed by atoms with Gasteiger partial charge in [0.15, 0.2) is 0 Å². The predicted molar refractivity (Wildman–Crippen MR) is 210 cm³/mol. The van der Waals surface area contributed by atoms with E-state index in [2.05, 4.69) is 173 Å². The van der Waals surface area contributed by atoms with Gasteiger partial charge < -0.3 is 4.57 Å². The maximum atomic E-state index is 5.18. The summed E-state index contributed by atoms with van der Waals surface area (Å²) in [5.74, 6) is 0.704. The molecule has 4 heteroatoms. The van der Waals surface area contributed by atoms with Crippen LogP contribution < -0.4 is 0 Å². The van der Waals surface area contributed by atoms with Crippen molar-refractivity contribution in [3.8, 4) is 45.1 Å². The van der Waals surface area contributed by atoms with Gasteiger partial charge in [0.1, 0.15) is 0 Å². The highest BCUT2D eigenvalue weighted by atomic mass is 15.2. The van der Waals surface area contributed by atoms with E-state index in [1.807, 2.05) is 6.20 Å². The van der Waals surface area contributed by atoms with Crippen LogP contribution in [0.25, 0.3) is 88.8 Å². The van der Waals surface area contributed by atoms with Crippen LogP contribution >= 0.6 is 0 Å². The molecule has 1 aliphatic carbocycles. The first-order chi connectivity index (χ1) is 25.3. The quantitative estimate of drug-likeness (QED) is 0.190. The van der Waals surface area contributed by atoms with Gasteiger partial charge in [-0.2, -0.15) is 0 Å². The molecule has 0 atom stereocenters. The van der Waals surface area contributed by atoms with Crippen molar-refractivity contribution in [3.05, 3.63) is 181 Å². The van der Waals surface area contributed by atoms with Gasteiger partial charge in [-0.25, -0.2) is 9.97 Å². The Morgan fingerprint density at radius 1 is 0.412 bits per heavy atom. The summed E-state index contributed by atoms with van der Waals surface area (Å²) in [5.41, 5.74) is 15.3. The van der Waals surface area contributed by atoms with E-state index in [0.29, 0.717) is 5.95 Å². The topological polar surface area (TPSA) is 35.6 Å². The third-order valence-electron chi connectivity index (χ3n) is 10.6. The van der Waals surface area contributed by atoms with E-state index >= 15 is 0 Å². The average molecular weight is 651 g/mol. The monoisotopic (exact) mass is 650 g/mol. The molecule has 0 aliphatic heterocycles. The van der Waals surface area contributed by atoms with Crippen LogP contribution in [0.1, 0.15) is 11.1 Å². The Morgan fingerprint density at radius 3 is 1.76 bits per heavy atom. The fourth-order valence-corrected chi connectivity index (χ4v) is 8.23. The molecule has 51 heavy (non-hydrogen) atoms. The van der Waals surface area contributed by atoms with Gasteiger partial charge in [0.05, 0.1) is 27.8 Å². The molecule has 0 saturated carbocycles. The Labute approximate surface area is 294 Å². The Hall–Kier alpha value is -6.78. The standard InChI is InChI=1S/C47H30N4/c1-2-11-30(12-3-1)31-14-10-15-36(26-31)50-42-19-8-6-17-38(42)40-27-32(21-23-44(40)50)33-22-24-45-41(28-33)39-18-7-9-20-43(39)51(45)47-48-29-35-25-34-13-4-5-16-37(34)46(35)49-47/h1-24,26-29H,25H2. The second-order valence-electron chi connectivity index (χ2n) is 13.5. The van der Waals surface area contributed by atoms with Gasteiger partial charge in [-0.05, 0) is 76.3 Å². The first kappa shape index (κ1) is 28.1. The molecule has 1 aliphatic rings. The van der Waals surface area contributed by atoms with Gasteiger partial charge in [0.25, 0.3) is 0 Å². The number of aromatic nitrogens is 4. The fraction of sp³-hybridized carbons (Fsp3) is 0.0213. The van der Waals surface area contributed by atoms with Crippen molar-refractivity contribution in [1.29, 1.82) is 0 Å². The largest absolute Gasteiger partial charge is 0.309 e. The maximum absolute atomic E-state index is 5.18. The number of hydrogen-bond donors (Lipinski definition) is 0. The molecule has 0 N–H and O–H groups in total. The lowest BCUT2D eigenvalue weighted by molar-refractivity contribution is 0.980. The summed E-state index contributed by atoms with van der Waals surface area (Å²) in [6.45, 7) is 0. The van der Waals surface area contributed by atoms with E-state index < -0.39 is 0 Å². The smallest absolute Gasteiger partial charge is 0.235 e. The molecule has 10 aromatic rings. The molecule has 4 nitrogen and oxygen atoms in total. The van der Waals surface area contributed by atoms with E-state index in [-0.39, 0.29) is 0 Å². The Kier molecular flexibility index (Phi) is 5.98. The molecule has 3 aromatic heterocycles. The van der Waals surface area contributed by atoms with E-state index in [4.69, 9.17) is 9.97 Å². The molecule has 11 rings (SSSR count). The molecule has 238 valence electrons. The summed E-state index contributed by atoms with van der Waals surface area (Å²) in [6, 6.07) is 59.1. The number of para-hydroxylation sites is 2. The van der Waals surface area contributed by atoms with E-state index in [1.54, 1.807) is 0 Å². The van der Waals surface area contributed by atoms with Crippen LogP contribution in [0, 0.1) is 0 Å². The summed E-state index contributed by atoms with van der Waals surface area (Å²) in [7, 11) is 0. The lowest BCUT2D eigenvalue weighted by atomic mass is 10.0. The molecule has 0 fully saturated rings. The zero-order valence-corrected chi connectivity index (χ0v) is 27.7. The van der Waals surface area contributed by atoms with Crippen LogP contribution in [0.2, 0.25) is 0 Å². The van der Waals surface area contributed by atoms with Gasteiger partial charge in [-0.3, -0.25) is 4.57 Å². The summed E-state index contributed by atoms with van der Waals surface area (Å²) < 4.78 is 4.61. The minimum atomic E-state index is 0.704. The van der Waals surface area contributed by atoms with Crippen molar-refractivity contribution < 1.29 is 0 Å².